The molecule has 0 spiro atoms. The van der Waals surface area contributed by atoms with E-state index in [1.807, 2.05) is 56.3 Å². The maximum Gasteiger partial charge on any atom is 0.318 e. The molecule has 2 heterocycles. The van der Waals surface area contributed by atoms with Crippen LogP contribution in [0.25, 0.3) is 0 Å². The van der Waals surface area contributed by atoms with Crippen molar-refractivity contribution < 1.29 is 14.7 Å². The van der Waals surface area contributed by atoms with Gasteiger partial charge < -0.3 is 15.3 Å². The molecule has 6 heteroatoms. The van der Waals surface area contributed by atoms with Crippen LogP contribution in [-0.2, 0) is 4.79 Å². The normalized spacial score (nSPS) is 20.7. The summed E-state index contributed by atoms with van der Waals surface area (Å²) < 4.78 is 0. The maximum atomic E-state index is 12.9. The van der Waals surface area contributed by atoms with Crippen LogP contribution < -0.4 is 5.32 Å². The van der Waals surface area contributed by atoms with Crippen molar-refractivity contribution >= 4 is 12.0 Å². The second kappa shape index (κ2) is 8.20. The number of hydrogen-bond donors (Lipinski definition) is 2. The lowest BCUT2D eigenvalue weighted by Gasteiger charge is -2.35. The number of carbonyl (C=O) groups is 2. The monoisotopic (exact) mass is 367 g/mol. The molecule has 1 fully saturated rings. The Kier molecular flexibility index (Phi) is 5.74. The molecule has 27 heavy (non-hydrogen) atoms. The molecule has 2 N–H and O–H groups in total. The molecule has 1 aliphatic heterocycles. The maximum absolute atomic E-state index is 12.9. The van der Waals surface area contributed by atoms with Crippen LogP contribution in [0.15, 0.2) is 48.7 Å². The quantitative estimate of drug-likeness (QED) is 0.869. The van der Waals surface area contributed by atoms with Crippen LogP contribution in [0, 0.1) is 18.8 Å². The van der Waals surface area contributed by atoms with Crippen LogP contribution in [0.4, 0.5) is 4.79 Å². The molecule has 0 saturated carbocycles. The van der Waals surface area contributed by atoms with Gasteiger partial charge in [-0.05, 0) is 37.0 Å². The Balaban J connectivity index is 1.83. The van der Waals surface area contributed by atoms with E-state index in [0.29, 0.717) is 13.0 Å². The lowest BCUT2D eigenvalue weighted by atomic mass is 9.90. The zero-order valence-corrected chi connectivity index (χ0v) is 15.6. The number of piperidine rings is 1. The minimum absolute atomic E-state index is 0.151. The van der Waals surface area contributed by atoms with Gasteiger partial charge in [-0.25, -0.2) is 4.79 Å². The summed E-state index contributed by atoms with van der Waals surface area (Å²) in [6, 6.07) is 12.9. The van der Waals surface area contributed by atoms with E-state index in [1.54, 1.807) is 11.1 Å². The number of amides is 2. The highest BCUT2D eigenvalue weighted by atomic mass is 16.4. The molecule has 6 nitrogen and oxygen atoms in total. The highest BCUT2D eigenvalue weighted by molar-refractivity contribution is 5.77. The Morgan fingerprint density at radius 2 is 2.04 bits per heavy atom. The number of benzene rings is 1. The smallest absolute Gasteiger partial charge is 0.318 e. The summed E-state index contributed by atoms with van der Waals surface area (Å²) >= 11 is 0. The molecule has 3 atom stereocenters. The number of urea groups is 1. The summed E-state index contributed by atoms with van der Waals surface area (Å²) in [7, 11) is 0. The summed E-state index contributed by atoms with van der Waals surface area (Å²) in [4.78, 5) is 30.4. The predicted molar refractivity (Wildman–Crippen MR) is 102 cm³/mol. The highest BCUT2D eigenvalue weighted by Crippen LogP contribution is 2.25. The molecule has 1 saturated heterocycles. The SMILES string of the molecule is Cc1cccc(C(NC(=O)N2CC(C)CC(C(=O)O)C2)c2ccccn2)c1. The van der Waals surface area contributed by atoms with Gasteiger partial charge in [0.2, 0.25) is 0 Å². The standard InChI is InChI=1S/C21H25N3O3/c1-14-6-5-7-16(10-14)19(18-8-3-4-9-22-18)23-21(27)24-12-15(2)11-17(13-24)20(25)26/h3-10,15,17,19H,11-13H2,1-2H3,(H,23,27)(H,25,26). The van der Waals surface area contributed by atoms with Crippen molar-refractivity contribution in [1.29, 1.82) is 0 Å². The van der Waals surface area contributed by atoms with Gasteiger partial charge in [-0.1, -0.05) is 42.8 Å². The van der Waals surface area contributed by atoms with Crippen molar-refractivity contribution in [1.82, 2.24) is 15.2 Å². The first kappa shape index (κ1) is 18.9. The van der Waals surface area contributed by atoms with Gasteiger partial charge in [-0.15, -0.1) is 0 Å². The second-order valence-corrected chi connectivity index (χ2v) is 7.33. The van der Waals surface area contributed by atoms with Gasteiger partial charge in [0.1, 0.15) is 0 Å². The number of likely N-dealkylation sites (tertiary alicyclic amines) is 1. The average molecular weight is 367 g/mol. The number of carbonyl (C=O) groups excluding carboxylic acids is 1. The van der Waals surface area contributed by atoms with E-state index < -0.39 is 11.9 Å². The van der Waals surface area contributed by atoms with Gasteiger partial charge in [-0.2, -0.15) is 0 Å². The van der Waals surface area contributed by atoms with Crippen molar-refractivity contribution in [2.75, 3.05) is 13.1 Å². The number of aliphatic carboxylic acids is 1. The van der Waals surface area contributed by atoms with E-state index in [4.69, 9.17) is 0 Å². The summed E-state index contributed by atoms with van der Waals surface area (Å²) in [5.41, 5.74) is 2.79. The van der Waals surface area contributed by atoms with E-state index >= 15 is 0 Å². The molecule has 1 aromatic carbocycles. The average Bonchev–Trinajstić information content (AvgIpc) is 2.66. The Morgan fingerprint density at radius 1 is 1.22 bits per heavy atom. The van der Waals surface area contributed by atoms with Crippen LogP contribution in [-0.4, -0.2) is 40.1 Å². The van der Waals surface area contributed by atoms with Gasteiger partial charge in [0.15, 0.2) is 0 Å². The molecule has 1 aliphatic rings. The van der Waals surface area contributed by atoms with Crippen molar-refractivity contribution in [3.05, 3.63) is 65.5 Å². The number of aryl methyl sites for hydroxylation is 1. The van der Waals surface area contributed by atoms with E-state index in [1.165, 1.54) is 0 Å². The first-order valence-electron chi connectivity index (χ1n) is 9.19. The van der Waals surface area contributed by atoms with Crippen LogP contribution in [0.5, 0.6) is 0 Å². The third-order valence-electron chi connectivity index (χ3n) is 4.92. The lowest BCUT2D eigenvalue weighted by molar-refractivity contribution is -0.143. The third-order valence-corrected chi connectivity index (χ3v) is 4.92. The molecule has 0 aliphatic carbocycles. The minimum atomic E-state index is -0.848. The second-order valence-electron chi connectivity index (χ2n) is 7.33. The minimum Gasteiger partial charge on any atom is -0.481 e. The fourth-order valence-corrected chi connectivity index (χ4v) is 3.64. The molecular weight excluding hydrogens is 342 g/mol. The summed E-state index contributed by atoms with van der Waals surface area (Å²) in [5, 5.41) is 12.4. The number of rotatable bonds is 4. The number of nitrogens with one attached hydrogen (secondary N) is 1. The van der Waals surface area contributed by atoms with Crippen LogP contribution in [0.2, 0.25) is 0 Å². The fraction of sp³-hybridized carbons (Fsp3) is 0.381. The van der Waals surface area contributed by atoms with Gasteiger partial charge in [-0.3, -0.25) is 9.78 Å². The number of aromatic nitrogens is 1. The van der Waals surface area contributed by atoms with E-state index in [9.17, 15) is 14.7 Å². The molecular formula is C21H25N3O3. The highest BCUT2D eigenvalue weighted by Gasteiger charge is 2.33. The van der Waals surface area contributed by atoms with Crippen LogP contribution in [0.3, 0.4) is 0 Å². The summed E-state index contributed by atoms with van der Waals surface area (Å²) in [6.07, 6.45) is 2.30. The number of nitrogens with zero attached hydrogens (tertiary/aromatic N) is 2. The van der Waals surface area contributed by atoms with Crippen molar-refractivity contribution in [2.45, 2.75) is 26.3 Å². The molecule has 3 unspecified atom stereocenters. The van der Waals surface area contributed by atoms with Crippen LogP contribution in [0.1, 0.15) is 36.2 Å². The van der Waals surface area contributed by atoms with E-state index in [2.05, 4.69) is 10.3 Å². The summed E-state index contributed by atoms with van der Waals surface area (Å²) in [5.74, 6) is -1.22. The largest absolute Gasteiger partial charge is 0.481 e. The van der Waals surface area contributed by atoms with E-state index in [0.717, 1.165) is 16.8 Å². The predicted octanol–water partition coefficient (Wildman–Crippen LogP) is 3.23. The first-order chi connectivity index (χ1) is 12.9. The Hall–Kier alpha value is -2.89. The number of hydrogen-bond acceptors (Lipinski definition) is 3. The Morgan fingerprint density at radius 3 is 2.70 bits per heavy atom. The van der Waals surface area contributed by atoms with Gasteiger partial charge >= 0.3 is 12.0 Å². The molecule has 2 aromatic rings. The number of pyridine rings is 1. The van der Waals surface area contributed by atoms with Gasteiger partial charge in [0.25, 0.3) is 0 Å². The van der Waals surface area contributed by atoms with Crippen molar-refractivity contribution in [3.8, 4) is 0 Å². The Labute approximate surface area is 159 Å². The topological polar surface area (TPSA) is 82.5 Å². The summed E-state index contributed by atoms with van der Waals surface area (Å²) in [6.45, 7) is 4.77. The first-order valence-corrected chi connectivity index (χ1v) is 9.19. The van der Waals surface area contributed by atoms with Crippen LogP contribution >= 0.6 is 0 Å². The molecule has 0 bridgehead atoms. The molecule has 1 aromatic heterocycles. The van der Waals surface area contributed by atoms with Crippen molar-refractivity contribution in [2.24, 2.45) is 11.8 Å². The van der Waals surface area contributed by atoms with Gasteiger partial charge in [0, 0.05) is 19.3 Å². The van der Waals surface area contributed by atoms with Crippen molar-refractivity contribution in [3.63, 3.8) is 0 Å². The van der Waals surface area contributed by atoms with E-state index in [-0.39, 0.29) is 24.5 Å². The number of carboxylic acids is 1. The molecule has 0 radical (unpaired) electrons. The molecule has 2 amide bonds. The van der Waals surface area contributed by atoms with Gasteiger partial charge in [0.05, 0.1) is 17.7 Å². The lowest BCUT2D eigenvalue weighted by Crippen LogP contribution is -2.50. The number of carboxylic acid groups (broad SMARTS) is 1. The zero-order chi connectivity index (χ0) is 19.4. The fourth-order valence-electron chi connectivity index (χ4n) is 3.64. The molecule has 142 valence electrons. The zero-order valence-electron chi connectivity index (χ0n) is 15.6. The third kappa shape index (κ3) is 4.64. The molecule has 3 rings (SSSR count). The Bertz CT molecular complexity index is 809.